The Bertz CT molecular complexity index is 600. The smallest absolute Gasteiger partial charge is 0.191 e. The summed E-state index contributed by atoms with van der Waals surface area (Å²) in [5, 5.41) is 6.40. The van der Waals surface area contributed by atoms with Crippen molar-refractivity contribution >= 4 is 39.8 Å². The number of rotatable bonds is 8. The van der Waals surface area contributed by atoms with Crippen LogP contribution in [0.2, 0.25) is 0 Å². The van der Waals surface area contributed by atoms with Crippen LogP contribution >= 0.6 is 24.0 Å². The molecule has 0 aliphatic rings. The lowest BCUT2D eigenvalue weighted by Crippen LogP contribution is -2.46. The molecule has 24 heavy (non-hydrogen) atoms. The van der Waals surface area contributed by atoms with Gasteiger partial charge in [-0.2, -0.15) is 0 Å². The Hall–Kier alpha value is -0.830. The van der Waals surface area contributed by atoms with Crippen LogP contribution in [-0.4, -0.2) is 46.5 Å². The lowest BCUT2D eigenvalue weighted by atomic mass is 9.76. The van der Waals surface area contributed by atoms with Crippen LogP contribution in [0.4, 0.5) is 0 Å². The van der Waals surface area contributed by atoms with Crippen LogP contribution in [0.15, 0.2) is 35.3 Å². The molecule has 0 atom stereocenters. The molecule has 1 aromatic carbocycles. The number of hydrogen-bond donors (Lipinski definition) is 2. The van der Waals surface area contributed by atoms with Crippen molar-refractivity contribution in [1.29, 1.82) is 0 Å². The predicted octanol–water partition coefficient (Wildman–Crippen LogP) is 2.57. The van der Waals surface area contributed by atoms with E-state index in [1.807, 2.05) is 6.07 Å². The Morgan fingerprint density at radius 3 is 2.17 bits per heavy atom. The highest BCUT2D eigenvalue weighted by molar-refractivity contribution is 14.0. The number of halogens is 1. The number of benzene rings is 1. The molecule has 1 rings (SSSR count). The SMILES string of the molecule is CCC(CC)(CNC(=NC)NCCS(C)(=O)=O)c1ccccc1.I. The lowest BCUT2D eigenvalue weighted by Gasteiger charge is -2.33. The van der Waals surface area contributed by atoms with Gasteiger partial charge in [0.15, 0.2) is 5.96 Å². The van der Waals surface area contributed by atoms with E-state index in [-0.39, 0.29) is 35.1 Å². The molecule has 138 valence electrons. The number of nitrogens with one attached hydrogen (secondary N) is 2. The molecule has 0 aliphatic heterocycles. The molecular weight excluding hydrogens is 437 g/mol. The second-order valence-electron chi connectivity index (χ2n) is 5.84. The molecule has 0 saturated heterocycles. The number of sulfone groups is 1. The van der Waals surface area contributed by atoms with Crippen molar-refractivity contribution in [3.05, 3.63) is 35.9 Å². The first kappa shape index (κ1) is 23.2. The van der Waals surface area contributed by atoms with E-state index in [0.717, 1.165) is 19.4 Å². The predicted molar refractivity (Wildman–Crippen MR) is 113 cm³/mol. The Morgan fingerprint density at radius 2 is 1.71 bits per heavy atom. The number of hydrogen-bond acceptors (Lipinski definition) is 3. The monoisotopic (exact) mass is 467 g/mol. The van der Waals surface area contributed by atoms with Crippen LogP contribution in [-0.2, 0) is 15.3 Å². The highest BCUT2D eigenvalue weighted by Crippen LogP contribution is 2.30. The molecule has 1 aromatic rings. The molecule has 0 saturated carbocycles. The third kappa shape index (κ3) is 7.38. The zero-order valence-corrected chi connectivity index (χ0v) is 18.1. The van der Waals surface area contributed by atoms with Crippen molar-refractivity contribution in [2.45, 2.75) is 32.1 Å². The van der Waals surface area contributed by atoms with Gasteiger partial charge in [-0.05, 0) is 18.4 Å². The van der Waals surface area contributed by atoms with Crippen molar-refractivity contribution in [3.63, 3.8) is 0 Å². The topological polar surface area (TPSA) is 70.6 Å². The van der Waals surface area contributed by atoms with E-state index < -0.39 is 9.84 Å². The minimum atomic E-state index is -2.97. The van der Waals surface area contributed by atoms with E-state index in [0.29, 0.717) is 12.5 Å². The zero-order valence-electron chi connectivity index (χ0n) is 15.0. The average molecular weight is 467 g/mol. The highest BCUT2D eigenvalue weighted by atomic mass is 127. The van der Waals surface area contributed by atoms with Crippen LogP contribution in [0.3, 0.4) is 0 Å². The average Bonchev–Trinajstić information content (AvgIpc) is 2.54. The van der Waals surface area contributed by atoms with Gasteiger partial charge in [0.1, 0.15) is 9.84 Å². The first-order valence-corrected chi connectivity index (χ1v) is 10.1. The first-order valence-electron chi connectivity index (χ1n) is 8.04. The highest BCUT2D eigenvalue weighted by Gasteiger charge is 2.28. The van der Waals surface area contributed by atoms with Gasteiger partial charge < -0.3 is 10.6 Å². The Labute approximate surface area is 163 Å². The lowest BCUT2D eigenvalue weighted by molar-refractivity contribution is 0.389. The molecule has 2 N–H and O–H groups in total. The van der Waals surface area contributed by atoms with Crippen LogP contribution < -0.4 is 10.6 Å². The minimum absolute atomic E-state index is 0. The van der Waals surface area contributed by atoms with Gasteiger partial charge in [-0.1, -0.05) is 44.2 Å². The van der Waals surface area contributed by atoms with Gasteiger partial charge in [-0.3, -0.25) is 4.99 Å². The standard InChI is InChI=1S/C17H29N3O2S.HI/c1-5-17(6-2,15-10-8-7-9-11-15)14-20-16(18-3)19-12-13-23(4,21)22;/h7-11H,5-6,12-14H2,1-4H3,(H2,18,19,20);1H. The summed E-state index contributed by atoms with van der Waals surface area (Å²) in [6.07, 6.45) is 3.27. The summed E-state index contributed by atoms with van der Waals surface area (Å²) in [4.78, 5) is 4.17. The molecule has 0 bridgehead atoms. The Balaban J connectivity index is 0.00000529. The number of guanidine groups is 1. The largest absolute Gasteiger partial charge is 0.356 e. The summed E-state index contributed by atoms with van der Waals surface area (Å²) >= 11 is 0. The second kappa shape index (κ2) is 10.9. The van der Waals surface area contributed by atoms with E-state index in [1.54, 1.807) is 7.05 Å². The summed E-state index contributed by atoms with van der Waals surface area (Å²) in [5.41, 5.74) is 1.35. The van der Waals surface area contributed by atoms with Crippen LogP contribution in [0.5, 0.6) is 0 Å². The van der Waals surface area contributed by atoms with Gasteiger partial charge >= 0.3 is 0 Å². The van der Waals surface area contributed by atoms with E-state index in [4.69, 9.17) is 0 Å². The van der Waals surface area contributed by atoms with Gasteiger partial charge in [-0.25, -0.2) is 8.42 Å². The molecule has 0 fully saturated rings. The maximum Gasteiger partial charge on any atom is 0.191 e. The van der Waals surface area contributed by atoms with Crippen molar-refractivity contribution in [1.82, 2.24) is 10.6 Å². The van der Waals surface area contributed by atoms with Crippen molar-refractivity contribution in [3.8, 4) is 0 Å². The summed E-state index contributed by atoms with van der Waals surface area (Å²) in [7, 11) is -1.28. The fourth-order valence-corrected chi connectivity index (χ4v) is 3.10. The summed E-state index contributed by atoms with van der Waals surface area (Å²) in [6.45, 7) is 5.49. The molecule has 0 radical (unpaired) electrons. The van der Waals surface area contributed by atoms with Gasteiger partial charge in [0.05, 0.1) is 5.75 Å². The Morgan fingerprint density at radius 1 is 1.12 bits per heavy atom. The second-order valence-corrected chi connectivity index (χ2v) is 8.10. The van der Waals surface area contributed by atoms with E-state index in [9.17, 15) is 8.42 Å². The maximum absolute atomic E-state index is 11.2. The Kier molecular flexibility index (Phi) is 10.5. The molecular formula is C17H30IN3O2S. The van der Waals surface area contributed by atoms with E-state index in [2.05, 4.69) is 53.7 Å². The van der Waals surface area contributed by atoms with Gasteiger partial charge in [0.2, 0.25) is 0 Å². The molecule has 0 aromatic heterocycles. The molecule has 7 heteroatoms. The quantitative estimate of drug-likeness (QED) is 0.350. The minimum Gasteiger partial charge on any atom is -0.356 e. The summed E-state index contributed by atoms with van der Waals surface area (Å²) in [6, 6.07) is 10.5. The molecule has 0 aliphatic carbocycles. The summed E-state index contributed by atoms with van der Waals surface area (Å²) in [5.74, 6) is 0.731. The van der Waals surface area contributed by atoms with Crippen LogP contribution in [0.25, 0.3) is 0 Å². The van der Waals surface area contributed by atoms with Crippen LogP contribution in [0.1, 0.15) is 32.3 Å². The van der Waals surface area contributed by atoms with Gasteiger partial charge in [-0.15, -0.1) is 24.0 Å². The molecule has 5 nitrogen and oxygen atoms in total. The van der Waals surface area contributed by atoms with Crippen molar-refractivity contribution in [2.24, 2.45) is 4.99 Å². The fourth-order valence-electron chi connectivity index (χ4n) is 2.63. The van der Waals surface area contributed by atoms with E-state index >= 15 is 0 Å². The normalized spacial score (nSPS) is 12.4. The van der Waals surface area contributed by atoms with Gasteiger partial charge in [0, 0.05) is 31.8 Å². The number of aliphatic imine (C=N–C) groups is 1. The van der Waals surface area contributed by atoms with Crippen LogP contribution in [0, 0.1) is 0 Å². The van der Waals surface area contributed by atoms with Crippen molar-refractivity contribution in [2.75, 3.05) is 32.1 Å². The third-order valence-electron chi connectivity index (χ3n) is 4.32. The first-order chi connectivity index (χ1) is 10.9. The molecule has 0 spiro atoms. The third-order valence-corrected chi connectivity index (χ3v) is 5.27. The van der Waals surface area contributed by atoms with Crippen molar-refractivity contribution < 1.29 is 8.42 Å². The fraction of sp³-hybridized carbons (Fsp3) is 0.588. The molecule has 0 unspecified atom stereocenters. The number of nitrogens with zero attached hydrogens (tertiary/aromatic N) is 1. The molecule has 0 amide bonds. The van der Waals surface area contributed by atoms with Gasteiger partial charge in [0.25, 0.3) is 0 Å². The maximum atomic E-state index is 11.2. The summed E-state index contributed by atoms with van der Waals surface area (Å²) < 4.78 is 22.4. The zero-order chi connectivity index (χ0) is 17.3. The van der Waals surface area contributed by atoms with E-state index in [1.165, 1.54) is 11.8 Å². The molecule has 0 heterocycles.